The van der Waals surface area contributed by atoms with Crippen LogP contribution in [-0.4, -0.2) is 46.9 Å². The number of hydrogen-bond donors (Lipinski definition) is 1. The van der Waals surface area contributed by atoms with Crippen LogP contribution in [0.2, 0.25) is 0 Å². The van der Waals surface area contributed by atoms with E-state index in [1.165, 1.54) is 0 Å². The number of para-hydroxylation sites is 2. The van der Waals surface area contributed by atoms with Gasteiger partial charge in [-0.15, -0.1) is 0 Å². The topological polar surface area (TPSA) is 60.0 Å². The summed E-state index contributed by atoms with van der Waals surface area (Å²) in [6, 6.07) is 13.2. The fourth-order valence-electron chi connectivity index (χ4n) is 3.43. The number of carbonyl (C=O) groups excluding carboxylic acids is 1. The van der Waals surface area contributed by atoms with E-state index in [4.69, 9.17) is 14.2 Å². The average Bonchev–Trinajstić information content (AvgIpc) is 3.20. The molecule has 2 aromatic carbocycles. The standard InChI is InChI=1S/C21H26N2O4/c1-25-16-8-9-19(26-2)17(12-16)21(24)22-13-15-10-11-23(14-15)18-6-4-5-7-20(18)27-3/h4-9,12,15H,10-11,13-14H2,1-3H3,(H,22,24). The molecule has 6 nitrogen and oxygen atoms in total. The molecule has 144 valence electrons. The molecule has 1 aliphatic heterocycles. The highest BCUT2D eigenvalue weighted by Gasteiger charge is 2.25. The van der Waals surface area contributed by atoms with E-state index >= 15 is 0 Å². The number of hydrogen-bond acceptors (Lipinski definition) is 5. The molecule has 1 unspecified atom stereocenters. The van der Waals surface area contributed by atoms with Gasteiger partial charge in [0.15, 0.2) is 0 Å². The Morgan fingerprint density at radius 1 is 1.07 bits per heavy atom. The molecule has 0 spiro atoms. The molecule has 1 saturated heterocycles. The minimum absolute atomic E-state index is 0.151. The third-order valence-corrected chi connectivity index (χ3v) is 4.91. The van der Waals surface area contributed by atoms with Crippen LogP contribution >= 0.6 is 0 Å². The van der Waals surface area contributed by atoms with Crippen molar-refractivity contribution >= 4 is 11.6 Å². The number of rotatable bonds is 7. The van der Waals surface area contributed by atoms with Crippen LogP contribution in [0.1, 0.15) is 16.8 Å². The van der Waals surface area contributed by atoms with Crippen LogP contribution < -0.4 is 24.4 Å². The summed E-state index contributed by atoms with van der Waals surface area (Å²) in [5.74, 6) is 2.28. The Labute approximate surface area is 160 Å². The molecule has 6 heteroatoms. The zero-order valence-electron chi connectivity index (χ0n) is 16.0. The zero-order chi connectivity index (χ0) is 19.2. The average molecular weight is 370 g/mol. The van der Waals surface area contributed by atoms with Gasteiger partial charge in [-0.3, -0.25) is 4.79 Å². The van der Waals surface area contributed by atoms with Gasteiger partial charge in [-0.05, 0) is 42.7 Å². The molecule has 0 bridgehead atoms. The summed E-state index contributed by atoms with van der Waals surface area (Å²) in [6.07, 6.45) is 1.02. The van der Waals surface area contributed by atoms with Gasteiger partial charge in [0.05, 0.1) is 32.6 Å². The normalized spacial score (nSPS) is 16.1. The van der Waals surface area contributed by atoms with Crippen LogP contribution in [0.15, 0.2) is 42.5 Å². The van der Waals surface area contributed by atoms with E-state index in [-0.39, 0.29) is 5.91 Å². The smallest absolute Gasteiger partial charge is 0.255 e. The number of benzene rings is 2. The summed E-state index contributed by atoms with van der Waals surface area (Å²) in [5.41, 5.74) is 1.58. The summed E-state index contributed by atoms with van der Waals surface area (Å²) in [6.45, 7) is 2.45. The maximum Gasteiger partial charge on any atom is 0.255 e. The van der Waals surface area contributed by atoms with Crippen molar-refractivity contribution in [2.24, 2.45) is 5.92 Å². The van der Waals surface area contributed by atoms with Crippen LogP contribution in [0.4, 0.5) is 5.69 Å². The highest BCUT2D eigenvalue weighted by atomic mass is 16.5. The first-order chi connectivity index (χ1) is 13.2. The van der Waals surface area contributed by atoms with Crippen molar-refractivity contribution in [1.82, 2.24) is 5.32 Å². The summed E-state index contributed by atoms with van der Waals surface area (Å²) >= 11 is 0. The van der Waals surface area contributed by atoms with Crippen molar-refractivity contribution in [2.45, 2.75) is 6.42 Å². The number of nitrogens with zero attached hydrogens (tertiary/aromatic N) is 1. The van der Waals surface area contributed by atoms with Crippen molar-refractivity contribution in [3.63, 3.8) is 0 Å². The Hall–Kier alpha value is -2.89. The van der Waals surface area contributed by atoms with E-state index in [1.807, 2.05) is 18.2 Å². The molecular formula is C21H26N2O4. The van der Waals surface area contributed by atoms with E-state index in [2.05, 4.69) is 16.3 Å². The second-order valence-electron chi connectivity index (χ2n) is 6.55. The number of anilines is 1. The molecular weight excluding hydrogens is 344 g/mol. The van der Waals surface area contributed by atoms with Crippen LogP contribution in [0.5, 0.6) is 17.2 Å². The van der Waals surface area contributed by atoms with Gasteiger partial charge < -0.3 is 24.4 Å². The van der Waals surface area contributed by atoms with E-state index in [0.29, 0.717) is 29.5 Å². The SMILES string of the molecule is COc1ccc(OC)c(C(=O)NCC2CCN(c3ccccc3OC)C2)c1. The summed E-state index contributed by atoms with van der Waals surface area (Å²) in [5, 5.41) is 3.04. The lowest BCUT2D eigenvalue weighted by Gasteiger charge is -2.21. The summed E-state index contributed by atoms with van der Waals surface area (Å²) in [4.78, 5) is 14.9. The Balaban J connectivity index is 1.61. The van der Waals surface area contributed by atoms with Crippen molar-refractivity contribution in [2.75, 3.05) is 45.9 Å². The van der Waals surface area contributed by atoms with Gasteiger partial charge >= 0.3 is 0 Å². The molecule has 2 aromatic rings. The summed E-state index contributed by atoms with van der Waals surface area (Å²) in [7, 11) is 4.82. The molecule has 1 N–H and O–H groups in total. The number of carbonyl (C=O) groups is 1. The maximum atomic E-state index is 12.6. The number of methoxy groups -OCH3 is 3. The van der Waals surface area contributed by atoms with Gasteiger partial charge in [0.2, 0.25) is 0 Å². The molecule has 1 amide bonds. The lowest BCUT2D eigenvalue weighted by atomic mass is 10.1. The molecule has 27 heavy (non-hydrogen) atoms. The van der Waals surface area contributed by atoms with E-state index in [9.17, 15) is 4.79 Å². The molecule has 1 heterocycles. The first-order valence-corrected chi connectivity index (χ1v) is 9.04. The molecule has 0 aromatic heterocycles. The Morgan fingerprint density at radius 3 is 2.59 bits per heavy atom. The van der Waals surface area contributed by atoms with Crippen LogP contribution in [0.3, 0.4) is 0 Å². The zero-order valence-corrected chi connectivity index (χ0v) is 16.0. The Morgan fingerprint density at radius 2 is 1.85 bits per heavy atom. The van der Waals surface area contributed by atoms with E-state index in [1.54, 1.807) is 39.5 Å². The number of amides is 1. The lowest BCUT2D eigenvalue weighted by Crippen LogP contribution is -2.31. The van der Waals surface area contributed by atoms with Crippen LogP contribution in [0.25, 0.3) is 0 Å². The third-order valence-electron chi connectivity index (χ3n) is 4.91. The van der Waals surface area contributed by atoms with Crippen molar-refractivity contribution in [3.8, 4) is 17.2 Å². The first kappa shape index (κ1) is 18.9. The molecule has 0 saturated carbocycles. The number of nitrogens with one attached hydrogen (secondary N) is 1. The molecule has 0 radical (unpaired) electrons. The second-order valence-corrected chi connectivity index (χ2v) is 6.55. The monoisotopic (exact) mass is 370 g/mol. The minimum Gasteiger partial charge on any atom is -0.497 e. The first-order valence-electron chi connectivity index (χ1n) is 9.04. The number of ether oxygens (including phenoxy) is 3. The lowest BCUT2D eigenvalue weighted by molar-refractivity contribution is 0.0945. The van der Waals surface area contributed by atoms with Gasteiger partial charge in [0.25, 0.3) is 5.91 Å². The van der Waals surface area contributed by atoms with Gasteiger partial charge in [-0.1, -0.05) is 12.1 Å². The fraction of sp³-hybridized carbons (Fsp3) is 0.381. The highest BCUT2D eigenvalue weighted by molar-refractivity contribution is 5.97. The molecule has 1 fully saturated rings. The largest absolute Gasteiger partial charge is 0.497 e. The molecule has 3 rings (SSSR count). The van der Waals surface area contributed by atoms with Gasteiger partial charge in [0.1, 0.15) is 17.2 Å². The predicted octanol–water partition coefficient (Wildman–Crippen LogP) is 2.97. The quantitative estimate of drug-likeness (QED) is 0.812. The predicted molar refractivity (Wildman–Crippen MR) is 105 cm³/mol. The van der Waals surface area contributed by atoms with E-state index < -0.39 is 0 Å². The minimum atomic E-state index is -0.151. The maximum absolute atomic E-state index is 12.6. The van der Waals surface area contributed by atoms with E-state index in [0.717, 1.165) is 30.9 Å². The molecule has 1 aliphatic rings. The highest BCUT2D eigenvalue weighted by Crippen LogP contribution is 2.32. The van der Waals surface area contributed by atoms with Gasteiger partial charge in [0, 0.05) is 19.6 Å². The molecule has 1 atom stereocenters. The third kappa shape index (κ3) is 4.27. The van der Waals surface area contributed by atoms with Crippen molar-refractivity contribution in [1.29, 1.82) is 0 Å². The Bertz CT molecular complexity index is 794. The van der Waals surface area contributed by atoms with Crippen LogP contribution in [-0.2, 0) is 0 Å². The fourth-order valence-corrected chi connectivity index (χ4v) is 3.43. The van der Waals surface area contributed by atoms with Crippen molar-refractivity contribution < 1.29 is 19.0 Å². The van der Waals surface area contributed by atoms with Gasteiger partial charge in [-0.2, -0.15) is 0 Å². The summed E-state index contributed by atoms with van der Waals surface area (Å²) < 4.78 is 16.0. The van der Waals surface area contributed by atoms with Crippen molar-refractivity contribution in [3.05, 3.63) is 48.0 Å². The van der Waals surface area contributed by atoms with Crippen LogP contribution in [0, 0.1) is 5.92 Å². The molecule has 0 aliphatic carbocycles. The second kappa shape index (κ2) is 8.66. The van der Waals surface area contributed by atoms with Gasteiger partial charge in [-0.25, -0.2) is 0 Å². The Kier molecular flexibility index (Phi) is 6.06.